The number of nitrogen functional groups attached to an aromatic ring is 1. The van der Waals surface area contributed by atoms with Crippen LogP contribution >= 0.6 is 0 Å². The summed E-state index contributed by atoms with van der Waals surface area (Å²) >= 11 is 0. The monoisotopic (exact) mass is 164 g/mol. The fourth-order valence-electron chi connectivity index (χ4n) is 0.717. The number of hydrogen-bond donors (Lipinski definition) is 1. The van der Waals surface area contributed by atoms with Crippen LogP contribution in [0.2, 0.25) is 0 Å². The highest BCUT2D eigenvalue weighted by molar-refractivity contribution is 5.57. The SMILES string of the molecule is C1=NOCC1.Nc1ccccc1. The van der Waals surface area contributed by atoms with Crippen LogP contribution in [0.4, 0.5) is 5.69 Å². The van der Waals surface area contributed by atoms with Crippen molar-refractivity contribution in [2.24, 2.45) is 5.16 Å². The topological polar surface area (TPSA) is 47.6 Å². The van der Waals surface area contributed by atoms with Gasteiger partial charge in [-0.25, -0.2) is 0 Å². The molecule has 1 heterocycles. The van der Waals surface area contributed by atoms with Crippen LogP contribution in [-0.2, 0) is 4.84 Å². The van der Waals surface area contributed by atoms with Crippen LogP contribution in [0.15, 0.2) is 35.5 Å². The van der Waals surface area contributed by atoms with E-state index in [0.29, 0.717) is 0 Å². The van der Waals surface area contributed by atoms with Gasteiger partial charge in [-0.2, -0.15) is 0 Å². The molecule has 64 valence electrons. The summed E-state index contributed by atoms with van der Waals surface area (Å²) in [5.74, 6) is 0. The van der Waals surface area contributed by atoms with Gasteiger partial charge >= 0.3 is 0 Å². The van der Waals surface area contributed by atoms with Gasteiger partial charge in [-0.05, 0) is 12.1 Å². The Morgan fingerprint density at radius 1 is 1.25 bits per heavy atom. The summed E-state index contributed by atoms with van der Waals surface area (Å²) in [6.07, 6.45) is 2.75. The average molecular weight is 164 g/mol. The molecule has 2 rings (SSSR count). The van der Waals surface area contributed by atoms with E-state index in [1.54, 1.807) is 6.21 Å². The highest BCUT2D eigenvalue weighted by Crippen LogP contribution is 1.95. The Morgan fingerprint density at radius 2 is 2.00 bits per heavy atom. The fraction of sp³-hybridized carbons (Fsp3) is 0.222. The fourth-order valence-corrected chi connectivity index (χ4v) is 0.717. The molecular formula is C9H12N2O. The van der Waals surface area contributed by atoms with E-state index >= 15 is 0 Å². The van der Waals surface area contributed by atoms with E-state index in [1.165, 1.54) is 0 Å². The summed E-state index contributed by atoms with van der Waals surface area (Å²) in [6.45, 7) is 0.778. The normalized spacial score (nSPS) is 13.0. The van der Waals surface area contributed by atoms with Crippen molar-refractivity contribution in [2.75, 3.05) is 12.3 Å². The molecule has 0 amide bonds. The Labute approximate surface area is 71.8 Å². The number of anilines is 1. The first kappa shape index (κ1) is 8.59. The highest BCUT2D eigenvalue weighted by Gasteiger charge is 1.86. The molecule has 0 aromatic heterocycles. The standard InChI is InChI=1S/C6H7N.C3H5NO/c7-6-4-2-1-3-5-6;1-2-4-5-3-1/h1-5H,7H2;2H,1,3H2. The molecule has 0 fully saturated rings. The number of hydrogen-bond acceptors (Lipinski definition) is 3. The van der Waals surface area contributed by atoms with Crippen LogP contribution in [0.5, 0.6) is 0 Å². The molecule has 1 aromatic carbocycles. The Bertz CT molecular complexity index is 228. The van der Waals surface area contributed by atoms with E-state index in [4.69, 9.17) is 5.73 Å². The molecule has 0 radical (unpaired) electrons. The van der Waals surface area contributed by atoms with Crippen LogP contribution in [0.3, 0.4) is 0 Å². The third-order valence-corrected chi connectivity index (χ3v) is 1.29. The molecule has 12 heavy (non-hydrogen) atoms. The molecule has 0 spiro atoms. The van der Waals surface area contributed by atoms with Crippen molar-refractivity contribution < 1.29 is 4.84 Å². The molecule has 1 aliphatic heterocycles. The van der Waals surface area contributed by atoms with E-state index < -0.39 is 0 Å². The van der Waals surface area contributed by atoms with Crippen LogP contribution in [0.25, 0.3) is 0 Å². The van der Waals surface area contributed by atoms with Crippen molar-refractivity contribution in [2.45, 2.75) is 6.42 Å². The summed E-state index contributed by atoms with van der Waals surface area (Å²) in [6, 6.07) is 9.49. The van der Waals surface area contributed by atoms with Crippen molar-refractivity contribution >= 4 is 11.9 Å². The molecule has 0 aliphatic carbocycles. The molecule has 3 nitrogen and oxygen atoms in total. The van der Waals surface area contributed by atoms with Crippen molar-refractivity contribution in [1.82, 2.24) is 0 Å². The third kappa shape index (κ3) is 3.61. The van der Waals surface area contributed by atoms with Crippen molar-refractivity contribution in [3.05, 3.63) is 30.3 Å². The second-order valence-corrected chi connectivity index (χ2v) is 2.32. The first-order valence-electron chi connectivity index (χ1n) is 3.84. The lowest BCUT2D eigenvalue weighted by Crippen LogP contribution is -1.79. The largest absolute Gasteiger partial charge is 0.399 e. The molecule has 0 unspecified atom stereocenters. The Balaban J connectivity index is 0.000000127. The van der Waals surface area contributed by atoms with Crippen LogP contribution in [0, 0.1) is 0 Å². The molecule has 0 saturated carbocycles. The lowest BCUT2D eigenvalue weighted by atomic mass is 10.3. The molecule has 0 bridgehead atoms. The number of oxime groups is 1. The summed E-state index contributed by atoms with van der Waals surface area (Å²) < 4.78 is 0. The molecule has 0 atom stereocenters. The minimum atomic E-state index is 0.778. The van der Waals surface area contributed by atoms with Gasteiger partial charge < -0.3 is 10.6 Å². The predicted molar refractivity (Wildman–Crippen MR) is 49.9 cm³/mol. The lowest BCUT2D eigenvalue weighted by molar-refractivity contribution is 0.174. The van der Waals surface area contributed by atoms with Crippen molar-refractivity contribution in [3.63, 3.8) is 0 Å². The van der Waals surface area contributed by atoms with Crippen molar-refractivity contribution in [1.29, 1.82) is 0 Å². The van der Waals surface area contributed by atoms with Gasteiger partial charge in [0, 0.05) is 18.3 Å². The second kappa shape index (κ2) is 5.18. The maximum absolute atomic E-state index is 5.36. The first-order valence-corrected chi connectivity index (χ1v) is 3.84. The van der Waals surface area contributed by atoms with E-state index in [-0.39, 0.29) is 0 Å². The van der Waals surface area contributed by atoms with Gasteiger partial charge in [-0.15, -0.1) is 0 Å². The lowest BCUT2D eigenvalue weighted by Gasteiger charge is -1.83. The molecule has 1 aromatic rings. The Hall–Kier alpha value is -1.51. The van der Waals surface area contributed by atoms with E-state index in [9.17, 15) is 0 Å². The zero-order valence-electron chi connectivity index (χ0n) is 6.81. The van der Waals surface area contributed by atoms with Gasteiger partial charge in [0.25, 0.3) is 0 Å². The maximum atomic E-state index is 5.36. The summed E-state index contributed by atoms with van der Waals surface area (Å²) in [7, 11) is 0. The second-order valence-electron chi connectivity index (χ2n) is 2.32. The minimum Gasteiger partial charge on any atom is -0.399 e. The van der Waals surface area contributed by atoms with E-state index in [1.807, 2.05) is 30.3 Å². The van der Waals surface area contributed by atoms with Gasteiger partial charge in [-0.1, -0.05) is 23.4 Å². The average Bonchev–Trinajstić information content (AvgIpc) is 2.62. The quantitative estimate of drug-likeness (QED) is 0.593. The van der Waals surface area contributed by atoms with Gasteiger partial charge in [0.2, 0.25) is 0 Å². The van der Waals surface area contributed by atoms with Gasteiger partial charge in [0.05, 0.1) is 0 Å². The molecule has 3 heteroatoms. The molecule has 0 saturated heterocycles. The molecule has 1 aliphatic rings. The van der Waals surface area contributed by atoms with Crippen LogP contribution in [0.1, 0.15) is 6.42 Å². The molecular weight excluding hydrogens is 152 g/mol. The zero-order chi connectivity index (χ0) is 8.65. The van der Waals surface area contributed by atoms with Gasteiger partial charge in [0.15, 0.2) is 0 Å². The van der Waals surface area contributed by atoms with E-state index in [0.717, 1.165) is 18.7 Å². The number of nitrogens with two attached hydrogens (primary N) is 1. The molecule has 2 N–H and O–H groups in total. The maximum Gasteiger partial charge on any atom is 0.122 e. The predicted octanol–water partition coefficient (Wildman–Crippen LogP) is 1.66. The van der Waals surface area contributed by atoms with Crippen molar-refractivity contribution in [3.8, 4) is 0 Å². The number of para-hydroxylation sites is 1. The van der Waals surface area contributed by atoms with Gasteiger partial charge in [0.1, 0.15) is 6.61 Å². The van der Waals surface area contributed by atoms with Gasteiger partial charge in [-0.3, -0.25) is 0 Å². The zero-order valence-corrected chi connectivity index (χ0v) is 6.81. The number of benzene rings is 1. The summed E-state index contributed by atoms with van der Waals surface area (Å²) in [5, 5.41) is 3.46. The summed E-state index contributed by atoms with van der Waals surface area (Å²) in [4.78, 5) is 4.51. The Kier molecular flexibility index (Phi) is 3.71. The van der Waals surface area contributed by atoms with Crippen LogP contribution < -0.4 is 5.73 Å². The van der Waals surface area contributed by atoms with Crippen LogP contribution in [-0.4, -0.2) is 12.8 Å². The Morgan fingerprint density at radius 3 is 2.25 bits per heavy atom. The number of rotatable bonds is 0. The first-order chi connectivity index (χ1) is 5.89. The highest BCUT2D eigenvalue weighted by atomic mass is 16.6. The number of nitrogens with zero attached hydrogens (tertiary/aromatic N) is 1. The smallest absolute Gasteiger partial charge is 0.122 e. The van der Waals surface area contributed by atoms with E-state index in [2.05, 4.69) is 9.99 Å². The summed E-state index contributed by atoms with van der Waals surface area (Å²) in [5.41, 5.74) is 6.18. The minimum absolute atomic E-state index is 0.778. The third-order valence-electron chi connectivity index (χ3n) is 1.29.